The number of rotatable bonds is 2. The predicted molar refractivity (Wildman–Crippen MR) is 100 cm³/mol. The van der Waals surface area contributed by atoms with Gasteiger partial charge in [-0.3, -0.25) is 4.79 Å². The summed E-state index contributed by atoms with van der Waals surface area (Å²) in [6.45, 7) is 2.58. The zero-order chi connectivity index (χ0) is 18.0. The third-order valence-corrected chi connectivity index (χ3v) is 4.62. The Kier molecular flexibility index (Phi) is 5.16. The van der Waals surface area contributed by atoms with Gasteiger partial charge >= 0.3 is 6.03 Å². The van der Waals surface area contributed by atoms with Crippen LogP contribution in [0.25, 0.3) is 0 Å². The summed E-state index contributed by atoms with van der Waals surface area (Å²) in [5.41, 5.74) is 1.37. The van der Waals surface area contributed by atoms with Crippen molar-refractivity contribution in [2.75, 3.05) is 23.3 Å². The number of carbonyl (C=O) groups excluding carboxylic acids is 2. The molecule has 2 aromatic carbocycles. The zero-order valence-electron chi connectivity index (χ0n) is 13.6. The molecule has 0 bridgehead atoms. The van der Waals surface area contributed by atoms with E-state index in [0.717, 1.165) is 5.69 Å². The molecule has 0 spiro atoms. The molecule has 7 heteroatoms. The standard InChI is InChI=1S/C18H17Cl2N3O2/c1-12-17(24)23(16-7-5-13(19)6-8-16)10-9-22(12)18(25)21-15-4-2-3-14(20)11-15/h2-8,11-12H,9-10H2,1H3,(H,21,25). The predicted octanol–water partition coefficient (Wildman–Crippen LogP) is 4.26. The molecular weight excluding hydrogens is 361 g/mol. The Balaban J connectivity index is 1.70. The van der Waals surface area contributed by atoms with Crippen LogP contribution >= 0.6 is 23.2 Å². The van der Waals surface area contributed by atoms with E-state index in [0.29, 0.717) is 28.8 Å². The van der Waals surface area contributed by atoms with Crippen molar-refractivity contribution in [3.63, 3.8) is 0 Å². The van der Waals surface area contributed by atoms with Crippen molar-refractivity contribution in [3.05, 3.63) is 58.6 Å². The minimum atomic E-state index is -0.566. The number of carbonyl (C=O) groups is 2. The van der Waals surface area contributed by atoms with E-state index in [1.807, 2.05) is 0 Å². The minimum absolute atomic E-state index is 0.130. The summed E-state index contributed by atoms with van der Waals surface area (Å²) >= 11 is 11.8. The second-order valence-electron chi connectivity index (χ2n) is 5.78. The molecular formula is C18H17Cl2N3O2. The maximum atomic E-state index is 12.7. The Morgan fingerprint density at radius 3 is 2.48 bits per heavy atom. The van der Waals surface area contributed by atoms with E-state index in [9.17, 15) is 9.59 Å². The Labute approximate surface area is 156 Å². The van der Waals surface area contributed by atoms with Gasteiger partial charge in [-0.25, -0.2) is 4.79 Å². The van der Waals surface area contributed by atoms with Crippen molar-refractivity contribution in [1.82, 2.24) is 4.90 Å². The molecule has 130 valence electrons. The van der Waals surface area contributed by atoms with Crippen molar-refractivity contribution in [2.45, 2.75) is 13.0 Å². The SMILES string of the molecule is CC1C(=O)N(c2ccc(Cl)cc2)CCN1C(=O)Nc1cccc(Cl)c1. The molecule has 0 aromatic heterocycles. The van der Waals surface area contributed by atoms with Crippen LogP contribution in [0.15, 0.2) is 48.5 Å². The Morgan fingerprint density at radius 1 is 1.08 bits per heavy atom. The monoisotopic (exact) mass is 377 g/mol. The zero-order valence-corrected chi connectivity index (χ0v) is 15.1. The van der Waals surface area contributed by atoms with Crippen LogP contribution in [0.3, 0.4) is 0 Å². The lowest BCUT2D eigenvalue weighted by molar-refractivity contribution is -0.123. The average molecular weight is 378 g/mol. The van der Waals surface area contributed by atoms with Gasteiger partial charge in [0.1, 0.15) is 6.04 Å². The highest BCUT2D eigenvalue weighted by Crippen LogP contribution is 2.23. The smallest absolute Gasteiger partial charge is 0.311 e. The van der Waals surface area contributed by atoms with Crippen molar-refractivity contribution in [2.24, 2.45) is 0 Å². The molecule has 1 saturated heterocycles. The number of benzene rings is 2. The summed E-state index contributed by atoms with van der Waals surface area (Å²) < 4.78 is 0. The molecule has 0 radical (unpaired) electrons. The highest BCUT2D eigenvalue weighted by molar-refractivity contribution is 6.31. The van der Waals surface area contributed by atoms with E-state index < -0.39 is 6.04 Å². The van der Waals surface area contributed by atoms with Gasteiger partial charge in [-0.15, -0.1) is 0 Å². The van der Waals surface area contributed by atoms with Gasteiger partial charge in [0, 0.05) is 34.5 Å². The molecule has 1 fully saturated rings. The molecule has 0 aliphatic carbocycles. The molecule has 1 N–H and O–H groups in total. The van der Waals surface area contributed by atoms with Crippen LogP contribution < -0.4 is 10.2 Å². The third kappa shape index (κ3) is 3.89. The fourth-order valence-electron chi connectivity index (χ4n) is 2.79. The summed E-state index contributed by atoms with van der Waals surface area (Å²) in [5, 5.41) is 3.93. The molecule has 1 heterocycles. The average Bonchev–Trinajstić information content (AvgIpc) is 2.58. The third-order valence-electron chi connectivity index (χ3n) is 4.13. The quantitative estimate of drug-likeness (QED) is 0.849. The van der Waals surface area contributed by atoms with Gasteiger partial charge in [0.15, 0.2) is 0 Å². The molecule has 0 saturated carbocycles. The summed E-state index contributed by atoms with van der Waals surface area (Å²) in [4.78, 5) is 28.4. The fourth-order valence-corrected chi connectivity index (χ4v) is 3.10. The molecule has 1 unspecified atom stereocenters. The topological polar surface area (TPSA) is 52.7 Å². The van der Waals surface area contributed by atoms with Crippen LogP contribution in [0.4, 0.5) is 16.2 Å². The fraction of sp³-hybridized carbons (Fsp3) is 0.222. The van der Waals surface area contributed by atoms with E-state index >= 15 is 0 Å². The number of nitrogens with one attached hydrogen (secondary N) is 1. The van der Waals surface area contributed by atoms with E-state index in [2.05, 4.69) is 5.32 Å². The van der Waals surface area contributed by atoms with Crippen LogP contribution in [0.5, 0.6) is 0 Å². The van der Waals surface area contributed by atoms with Gasteiger partial charge in [-0.05, 0) is 49.4 Å². The summed E-state index contributed by atoms with van der Waals surface area (Å²) in [6.07, 6.45) is 0. The lowest BCUT2D eigenvalue weighted by atomic mass is 10.1. The molecule has 1 atom stereocenters. The molecule has 25 heavy (non-hydrogen) atoms. The summed E-state index contributed by atoms with van der Waals surface area (Å²) in [7, 11) is 0. The second kappa shape index (κ2) is 7.33. The van der Waals surface area contributed by atoms with Crippen molar-refractivity contribution < 1.29 is 9.59 Å². The molecule has 3 rings (SSSR count). The molecule has 1 aliphatic heterocycles. The van der Waals surface area contributed by atoms with E-state index in [4.69, 9.17) is 23.2 Å². The molecule has 3 amide bonds. The minimum Gasteiger partial charge on any atom is -0.311 e. The van der Waals surface area contributed by atoms with Gasteiger partial charge in [0.2, 0.25) is 5.91 Å². The van der Waals surface area contributed by atoms with E-state index in [1.54, 1.807) is 60.4 Å². The molecule has 1 aliphatic rings. The Morgan fingerprint density at radius 2 is 1.80 bits per heavy atom. The van der Waals surface area contributed by atoms with E-state index in [1.165, 1.54) is 4.90 Å². The van der Waals surface area contributed by atoms with Crippen molar-refractivity contribution in [1.29, 1.82) is 0 Å². The normalized spacial score (nSPS) is 17.6. The second-order valence-corrected chi connectivity index (χ2v) is 6.65. The van der Waals surface area contributed by atoms with Crippen LogP contribution in [0.2, 0.25) is 10.0 Å². The number of piperazine rings is 1. The first-order valence-electron chi connectivity index (χ1n) is 7.86. The number of anilines is 2. The van der Waals surface area contributed by atoms with Crippen LogP contribution in [0, 0.1) is 0 Å². The van der Waals surface area contributed by atoms with Crippen molar-refractivity contribution in [3.8, 4) is 0 Å². The Bertz CT molecular complexity index is 795. The van der Waals surface area contributed by atoms with Gasteiger partial charge in [0.05, 0.1) is 0 Å². The maximum absolute atomic E-state index is 12.7. The van der Waals surface area contributed by atoms with Crippen LogP contribution in [0.1, 0.15) is 6.92 Å². The van der Waals surface area contributed by atoms with Gasteiger partial charge in [-0.2, -0.15) is 0 Å². The van der Waals surface area contributed by atoms with Gasteiger partial charge in [0.25, 0.3) is 0 Å². The van der Waals surface area contributed by atoms with Crippen LogP contribution in [-0.2, 0) is 4.79 Å². The number of hydrogen-bond acceptors (Lipinski definition) is 2. The molecule has 5 nitrogen and oxygen atoms in total. The first-order chi connectivity index (χ1) is 12.0. The highest BCUT2D eigenvalue weighted by atomic mass is 35.5. The number of hydrogen-bond donors (Lipinski definition) is 1. The van der Waals surface area contributed by atoms with Gasteiger partial charge in [-0.1, -0.05) is 29.3 Å². The number of amides is 3. The maximum Gasteiger partial charge on any atom is 0.322 e. The van der Waals surface area contributed by atoms with Crippen molar-refractivity contribution >= 4 is 46.5 Å². The Hall–Kier alpha value is -2.24. The number of halogens is 2. The first kappa shape index (κ1) is 17.6. The lowest BCUT2D eigenvalue weighted by Crippen LogP contribution is -2.58. The first-order valence-corrected chi connectivity index (χ1v) is 8.61. The van der Waals surface area contributed by atoms with Crippen LogP contribution in [-0.4, -0.2) is 36.0 Å². The highest BCUT2D eigenvalue weighted by Gasteiger charge is 2.35. The molecule has 2 aromatic rings. The summed E-state index contributed by atoms with van der Waals surface area (Å²) in [6, 6.07) is 13.1. The number of nitrogens with zero attached hydrogens (tertiary/aromatic N) is 2. The number of urea groups is 1. The largest absolute Gasteiger partial charge is 0.322 e. The van der Waals surface area contributed by atoms with E-state index in [-0.39, 0.29) is 11.9 Å². The summed E-state index contributed by atoms with van der Waals surface area (Å²) in [5.74, 6) is -0.130. The van der Waals surface area contributed by atoms with Gasteiger partial charge < -0.3 is 15.1 Å². The lowest BCUT2D eigenvalue weighted by Gasteiger charge is -2.39.